The minimum atomic E-state index is -3.62. The van der Waals surface area contributed by atoms with Gasteiger partial charge in [-0.1, -0.05) is 74.0 Å². The Morgan fingerprint density at radius 2 is 1.62 bits per heavy atom. The van der Waals surface area contributed by atoms with Crippen LogP contribution < -0.4 is 9.62 Å². The quantitative estimate of drug-likeness (QED) is 0.234. The normalized spacial score (nSPS) is 12.0. The number of carbonyl (C=O) groups excluding carboxylic acids is 2. The lowest BCUT2D eigenvalue weighted by Gasteiger charge is -2.32. The SMILES string of the molecule is CCCCNC(=O)C(Cc1ccccc1)N(Cc1ccccc1F)C(=O)CCCN(c1cccc(C)c1C)S(C)(=O)=O. The predicted octanol–water partition coefficient (Wildman–Crippen LogP) is 5.55. The van der Waals surface area contributed by atoms with Crippen LogP contribution in [0.5, 0.6) is 0 Å². The van der Waals surface area contributed by atoms with Crippen LogP contribution in [0.1, 0.15) is 54.9 Å². The van der Waals surface area contributed by atoms with Gasteiger partial charge in [0.25, 0.3) is 0 Å². The topological polar surface area (TPSA) is 86.8 Å². The van der Waals surface area contributed by atoms with E-state index < -0.39 is 21.9 Å². The largest absolute Gasteiger partial charge is 0.354 e. The number of benzene rings is 3. The van der Waals surface area contributed by atoms with Crippen LogP contribution in [0.15, 0.2) is 72.8 Å². The molecule has 0 heterocycles. The van der Waals surface area contributed by atoms with Crippen LogP contribution >= 0.6 is 0 Å². The summed E-state index contributed by atoms with van der Waals surface area (Å²) in [7, 11) is -3.62. The fraction of sp³-hybridized carbons (Fsp3) is 0.394. The predicted molar refractivity (Wildman–Crippen MR) is 166 cm³/mol. The Morgan fingerprint density at radius 1 is 0.929 bits per heavy atom. The number of carbonyl (C=O) groups is 2. The smallest absolute Gasteiger partial charge is 0.243 e. The number of nitrogens with one attached hydrogen (secondary N) is 1. The molecule has 0 aliphatic rings. The third-order valence-electron chi connectivity index (χ3n) is 7.40. The molecule has 0 radical (unpaired) electrons. The third-order valence-corrected chi connectivity index (χ3v) is 8.58. The molecule has 226 valence electrons. The molecule has 2 amide bonds. The van der Waals surface area contributed by atoms with Crippen LogP contribution in [0.4, 0.5) is 10.1 Å². The second kappa shape index (κ2) is 15.5. The van der Waals surface area contributed by atoms with E-state index in [1.165, 1.54) is 15.3 Å². The highest BCUT2D eigenvalue weighted by atomic mass is 32.2. The first-order valence-corrected chi connectivity index (χ1v) is 16.3. The van der Waals surface area contributed by atoms with Crippen molar-refractivity contribution in [2.24, 2.45) is 0 Å². The van der Waals surface area contributed by atoms with Crippen molar-refractivity contribution in [2.75, 3.05) is 23.7 Å². The Morgan fingerprint density at radius 3 is 2.29 bits per heavy atom. The monoisotopic (exact) mass is 595 g/mol. The van der Waals surface area contributed by atoms with Crippen molar-refractivity contribution < 1.29 is 22.4 Å². The summed E-state index contributed by atoms with van der Waals surface area (Å²) in [6.45, 7) is 6.30. The lowest BCUT2D eigenvalue weighted by Crippen LogP contribution is -2.50. The van der Waals surface area contributed by atoms with Crippen LogP contribution in [0.3, 0.4) is 0 Å². The van der Waals surface area contributed by atoms with Crippen LogP contribution in [0.2, 0.25) is 0 Å². The van der Waals surface area contributed by atoms with Gasteiger partial charge in [0.05, 0.1) is 11.9 Å². The first-order valence-electron chi connectivity index (χ1n) is 14.4. The van der Waals surface area contributed by atoms with Gasteiger partial charge in [-0.05, 0) is 55.5 Å². The van der Waals surface area contributed by atoms with Crippen LogP contribution in [-0.2, 0) is 32.6 Å². The van der Waals surface area contributed by atoms with Gasteiger partial charge < -0.3 is 10.2 Å². The van der Waals surface area contributed by atoms with Gasteiger partial charge in [-0.3, -0.25) is 13.9 Å². The minimum absolute atomic E-state index is 0.0150. The van der Waals surface area contributed by atoms with Gasteiger partial charge in [-0.15, -0.1) is 0 Å². The van der Waals surface area contributed by atoms with Crippen LogP contribution in [0.25, 0.3) is 0 Å². The number of anilines is 1. The van der Waals surface area contributed by atoms with Crippen molar-refractivity contribution in [3.63, 3.8) is 0 Å². The molecule has 0 aromatic heterocycles. The molecule has 1 N–H and O–H groups in total. The maximum Gasteiger partial charge on any atom is 0.243 e. The maximum absolute atomic E-state index is 14.8. The van der Waals surface area contributed by atoms with E-state index in [1.54, 1.807) is 24.3 Å². The van der Waals surface area contributed by atoms with Gasteiger partial charge in [0.15, 0.2) is 0 Å². The lowest BCUT2D eigenvalue weighted by molar-refractivity contribution is -0.141. The molecule has 0 bridgehead atoms. The molecule has 3 rings (SSSR count). The van der Waals surface area contributed by atoms with Crippen molar-refractivity contribution in [3.8, 4) is 0 Å². The Labute approximate surface area is 249 Å². The van der Waals surface area contributed by atoms with E-state index in [-0.39, 0.29) is 44.2 Å². The molecule has 0 saturated heterocycles. The number of nitrogens with zero attached hydrogens (tertiary/aromatic N) is 2. The van der Waals surface area contributed by atoms with E-state index in [0.29, 0.717) is 17.8 Å². The van der Waals surface area contributed by atoms with Crippen molar-refractivity contribution in [2.45, 2.75) is 65.5 Å². The summed E-state index contributed by atoms with van der Waals surface area (Å²) >= 11 is 0. The highest BCUT2D eigenvalue weighted by molar-refractivity contribution is 7.92. The second-order valence-electron chi connectivity index (χ2n) is 10.6. The van der Waals surface area contributed by atoms with Crippen molar-refractivity contribution >= 4 is 27.5 Å². The van der Waals surface area contributed by atoms with Crippen molar-refractivity contribution in [3.05, 3.63) is 101 Å². The maximum atomic E-state index is 14.8. The molecule has 0 aliphatic carbocycles. The summed E-state index contributed by atoms with van der Waals surface area (Å²) in [6, 6.07) is 20.2. The number of rotatable bonds is 15. The first kappa shape index (κ1) is 32.8. The molecule has 0 fully saturated rings. The number of hydrogen-bond acceptors (Lipinski definition) is 4. The summed E-state index contributed by atoms with van der Waals surface area (Å²) in [5.41, 5.74) is 3.56. The summed E-state index contributed by atoms with van der Waals surface area (Å²) in [5, 5.41) is 2.95. The van der Waals surface area contributed by atoms with Gasteiger partial charge in [-0.2, -0.15) is 0 Å². The molecule has 3 aromatic rings. The lowest BCUT2D eigenvalue weighted by atomic mass is 10.0. The summed E-state index contributed by atoms with van der Waals surface area (Å²) < 4.78 is 41.6. The van der Waals surface area contributed by atoms with E-state index in [0.717, 1.165) is 35.8 Å². The van der Waals surface area contributed by atoms with Gasteiger partial charge in [-0.25, -0.2) is 12.8 Å². The molecule has 0 saturated carbocycles. The Kier molecular flexibility index (Phi) is 12.1. The van der Waals surface area contributed by atoms with E-state index in [9.17, 15) is 22.4 Å². The number of halogens is 1. The molecule has 1 atom stereocenters. The Hall–Kier alpha value is -3.72. The number of amides is 2. The minimum Gasteiger partial charge on any atom is -0.354 e. The van der Waals surface area contributed by atoms with Gasteiger partial charge in [0, 0.05) is 38.0 Å². The molecule has 7 nitrogen and oxygen atoms in total. The van der Waals surface area contributed by atoms with E-state index in [4.69, 9.17) is 0 Å². The van der Waals surface area contributed by atoms with E-state index in [1.807, 2.05) is 63.2 Å². The number of sulfonamides is 1. The zero-order valence-electron chi connectivity index (χ0n) is 25.0. The molecule has 0 spiro atoms. The number of unbranched alkanes of at least 4 members (excludes halogenated alkanes) is 1. The second-order valence-corrected chi connectivity index (χ2v) is 12.5. The fourth-order valence-electron chi connectivity index (χ4n) is 4.86. The molecule has 9 heteroatoms. The van der Waals surface area contributed by atoms with Crippen LogP contribution in [0, 0.1) is 19.7 Å². The molecule has 3 aromatic carbocycles. The summed E-state index contributed by atoms with van der Waals surface area (Å²) in [4.78, 5) is 28.8. The highest BCUT2D eigenvalue weighted by Gasteiger charge is 2.31. The van der Waals surface area contributed by atoms with Gasteiger partial charge in [0.2, 0.25) is 21.8 Å². The molecule has 1 unspecified atom stereocenters. The average molecular weight is 596 g/mol. The van der Waals surface area contributed by atoms with Gasteiger partial charge >= 0.3 is 0 Å². The number of aryl methyl sites for hydroxylation is 1. The zero-order chi connectivity index (χ0) is 30.7. The molecular weight excluding hydrogens is 553 g/mol. The highest BCUT2D eigenvalue weighted by Crippen LogP contribution is 2.26. The Balaban J connectivity index is 1.90. The zero-order valence-corrected chi connectivity index (χ0v) is 25.8. The van der Waals surface area contributed by atoms with Crippen molar-refractivity contribution in [1.29, 1.82) is 0 Å². The Bertz CT molecular complexity index is 1450. The standard InChI is InChI=1S/C33H42FN3O4S/c1-5-6-21-35-33(39)31(23-27-15-8-7-9-16-27)36(24-28-17-10-11-18-29(28)34)32(38)20-13-22-37(42(4,40)41)30-19-12-14-25(2)26(30)3/h7-12,14-19,31H,5-6,13,20-24H2,1-4H3,(H,35,39). The first-order chi connectivity index (χ1) is 20.0. The van der Waals surface area contributed by atoms with E-state index in [2.05, 4.69) is 5.32 Å². The number of hydrogen-bond donors (Lipinski definition) is 1. The van der Waals surface area contributed by atoms with Gasteiger partial charge in [0.1, 0.15) is 11.9 Å². The molecule has 0 aliphatic heterocycles. The van der Waals surface area contributed by atoms with E-state index >= 15 is 0 Å². The molecule has 42 heavy (non-hydrogen) atoms. The molecular formula is C33H42FN3O4S. The third kappa shape index (κ3) is 9.14. The fourth-order valence-corrected chi connectivity index (χ4v) is 5.87. The summed E-state index contributed by atoms with van der Waals surface area (Å²) in [5.74, 6) is -1.11. The van der Waals surface area contributed by atoms with Crippen LogP contribution in [-0.4, -0.2) is 50.5 Å². The van der Waals surface area contributed by atoms with Crippen molar-refractivity contribution in [1.82, 2.24) is 10.2 Å². The average Bonchev–Trinajstić information content (AvgIpc) is 2.95. The summed E-state index contributed by atoms with van der Waals surface area (Å²) in [6.07, 6.45) is 3.32.